The highest BCUT2D eigenvalue weighted by atomic mass is 35.5. The number of aromatic nitrogens is 1. The largest absolute Gasteiger partial charge is 0.371 e. The van der Waals surface area contributed by atoms with Gasteiger partial charge in [0.1, 0.15) is 0 Å². The van der Waals surface area contributed by atoms with Crippen molar-refractivity contribution in [2.24, 2.45) is 5.92 Å². The number of nitrogens with zero attached hydrogens (tertiary/aromatic N) is 3. The van der Waals surface area contributed by atoms with Gasteiger partial charge >= 0.3 is 0 Å². The average molecular weight is 576 g/mol. The Morgan fingerprint density at radius 2 is 1.71 bits per heavy atom. The maximum atomic E-state index is 13.4. The highest BCUT2D eigenvalue weighted by molar-refractivity contribution is 7.92. The van der Waals surface area contributed by atoms with Crippen LogP contribution in [-0.4, -0.2) is 46.0 Å². The van der Waals surface area contributed by atoms with Crippen LogP contribution in [0.3, 0.4) is 0 Å². The van der Waals surface area contributed by atoms with Crippen LogP contribution in [0.25, 0.3) is 0 Å². The molecule has 1 N–H and O–H groups in total. The molecule has 1 aliphatic rings. The lowest BCUT2D eigenvalue weighted by Crippen LogP contribution is -2.35. The van der Waals surface area contributed by atoms with Crippen LogP contribution in [0, 0.1) is 19.8 Å². The number of carbonyl (C=O) groups is 1. The van der Waals surface area contributed by atoms with E-state index in [0.717, 1.165) is 36.7 Å². The molecule has 0 spiro atoms. The van der Waals surface area contributed by atoms with E-state index in [-0.39, 0.29) is 21.5 Å². The van der Waals surface area contributed by atoms with E-state index in [1.807, 2.05) is 24.5 Å². The molecule has 1 saturated heterocycles. The van der Waals surface area contributed by atoms with Gasteiger partial charge in [-0.1, -0.05) is 23.2 Å². The maximum Gasteiger partial charge on any atom is 0.264 e. The van der Waals surface area contributed by atoms with Crippen molar-refractivity contribution in [3.05, 3.63) is 81.6 Å². The Labute approximate surface area is 234 Å². The minimum Gasteiger partial charge on any atom is -0.371 e. The molecule has 202 valence electrons. The Morgan fingerprint density at radius 1 is 1.03 bits per heavy atom. The van der Waals surface area contributed by atoms with Gasteiger partial charge in [0, 0.05) is 55.3 Å². The zero-order chi connectivity index (χ0) is 27.4. The van der Waals surface area contributed by atoms with Gasteiger partial charge in [-0.05, 0) is 92.6 Å². The summed E-state index contributed by atoms with van der Waals surface area (Å²) in [5, 5.41) is 3.71. The van der Waals surface area contributed by atoms with Gasteiger partial charge < -0.3 is 10.2 Å². The van der Waals surface area contributed by atoms with Crippen molar-refractivity contribution in [1.29, 1.82) is 0 Å². The number of pyridine rings is 1. The van der Waals surface area contributed by atoms with Gasteiger partial charge in [-0.3, -0.25) is 14.1 Å². The fraction of sp³-hybridized carbons (Fsp3) is 0.357. The molecule has 0 bridgehead atoms. The van der Waals surface area contributed by atoms with E-state index in [4.69, 9.17) is 23.2 Å². The lowest BCUT2D eigenvalue weighted by Gasteiger charge is -2.33. The molecule has 1 aliphatic heterocycles. The van der Waals surface area contributed by atoms with Crippen molar-refractivity contribution < 1.29 is 13.2 Å². The van der Waals surface area contributed by atoms with Crippen molar-refractivity contribution in [2.45, 2.75) is 38.0 Å². The van der Waals surface area contributed by atoms with Gasteiger partial charge in [-0.2, -0.15) is 0 Å². The van der Waals surface area contributed by atoms with E-state index in [9.17, 15) is 13.2 Å². The third kappa shape index (κ3) is 6.25. The summed E-state index contributed by atoms with van der Waals surface area (Å²) in [6.45, 7) is 5.96. The quantitative estimate of drug-likeness (QED) is 0.364. The first kappa shape index (κ1) is 28.2. The van der Waals surface area contributed by atoms with E-state index in [2.05, 4.69) is 15.2 Å². The van der Waals surface area contributed by atoms with Crippen LogP contribution in [0.1, 0.15) is 40.7 Å². The van der Waals surface area contributed by atoms with Crippen LogP contribution in [0.4, 0.5) is 11.4 Å². The lowest BCUT2D eigenvalue weighted by molar-refractivity contribution is 0.0950. The smallest absolute Gasteiger partial charge is 0.264 e. The number of carbonyl (C=O) groups excluding carboxylic acids is 1. The molecular formula is C28H32Cl2N4O3S. The molecule has 3 aromatic rings. The molecule has 4 rings (SSSR count). The SMILES string of the molecule is Cc1cc(S(=O)(=O)N(C)c2cc(C(=O)NCCC3CCN(c4ccncc4)CC3)ccc2Cl)c(C)cc1Cl. The van der Waals surface area contributed by atoms with Gasteiger partial charge in [0.25, 0.3) is 15.9 Å². The summed E-state index contributed by atoms with van der Waals surface area (Å²) < 4.78 is 28.0. The number of hydrogen-bond acceptors (Lipinski definition) is 5. The topological polar surface area (TPSA) is 82.6 Å². The summed E-state index contributed by atoms with van der Waals surface area (Å²) in [5.74, 6) is 0.276. The molecule has 0 aliphatic carbocycles. The number of anilines is 2. The number of amides is 1. The Balaban J connectivity index is 1.38. The second-order valence-corrected chi connectivity index (χ2v) is 12.4. The molecule has 0 atom stereocenters. The highest BCUT2D eigenvalue weighted by Crippen LogP contribution is 2.33. The third-order valence-corrected chi connectivity index (χ3v) is 9.76. The standard InChI is InChI=1S/C28H32Cl2N4O3S/c1-19-17-27(20(2)16-25(19)30)38(36,37)33(3)26-18-22(4-5-24(26)29)28(35)32-13-6-21-9-14-34(15-10-21)23-7-11-31-12-8-23/h4-5,7-8,11-12,16-18,21H,6,9-10,13-15H2,1-3H3,(H,32,35). The zero-order valence-electron chi connectivity index (χ0n) is 21.7. The first-order chi connectivity index (χ1) is 18.1. The predicted octanol–water partition coefficient (Wildman–Crippen LogP) is 5.87. The van der Waals surface area contributed by atoms with Gasteiger partial charge in [0.2, 0.25) is 0 Å². The number of hydrogen-bond donors (Lipinski definition) is 1. The van der Waals surface area contributed by atoms with E-state index >= 15 is 0 Å². The third-order valence-electron chi connectivity index (χ3n) is 7.12. The van der Waals surface area contributed by atoms with Gasteiger partial charge in [-0.25, -0.2) is 8.42 Å². The highest BCUT2D eigenvalue weighted by Gasteiger charge is 2.26. The number of nitrogens with one attached hydrogen (secondary N) is 1. The molecule has 0 unspecified atom stereocenters. The number of rotatable bonds is 8. The zero-order valence-corrected chi connectivity index (χ0v) is 24.1. The number of benzene rings is 2. The van der Waals surface area contributed by atoms with E-state index in [0.29, 0.717) is 34.2 Å². The molecule has 2 heterocycles. The summed E-state index contributed by atoms with van der Waals surface area (Å²) >= 11 is 12.5. The van der Waals surface area contributed by atoms with E-state index in [1.165, 1.54) is 18.8 Å². The van der Waals surface area contributed by atoms with Crippen LogP contribution in [0.5, 0.6) is 0 Å². The van der Waals surface area contributed by atoms with E-state index in [1.54, 1.807) is 38.1 Å². The van der Waals surface area contributed by atoms with Gasteiger partial charge in [0.05, 0.1) is 15.6 Å². The lowest BCUT2D eigenvalue weighted by atomic mass is 9.93. The first-order valence-corrected chi connectivity index (χ1v) is 14.8. The predicted molar refractivity (Wildman–Crippen MR) is 154 cm³/mol. The average Bonchev–Trinajstić information content (AvgIpc) is 2.91. The second kappa shape index (κ2) is 11.9. The Bertz CT molecular complexity index is 1410. The van der Waals surface area contributed by atoms with Crippen LogP contribution in [-0.2, 0) is 10.0 Å². The van der Waals surface area contributed by atoms with Crippen molar-refractivity contribution in [3.8, 4) is 0 Å². The Hall–Kier alpha value is -2.81. The maximum absolute atomic E-state index is 13.4. The Morgan fingerprint density at radius 3 is 2.39 bits per heavy atom. The summed E-state index contributed by atoms with van der Waals surface area (Å²) in [5.41, 5.74) is 2.96. The summed E-state index contributed by atoms with van der Waals surface area (Å²) in [7, 11) is -2.50. The number of sulfonamides is 1. The molecule has 2 aromatic carbocycles. The summed E-state index contributed by atoms with van der Waals surface area (Å²) in [4.78, 5) is 19.5. The summed E-state index contributed by atoms with van der Waals surface area (Å²) in [6, 6.07) is 11.9. The normalized spacial score (nSPS) is 14.4. The van der Waals surface area contributed by atoms with Crippen molar-refractivity contribution in [1.82, 2.24) is 10.3 Å². The Kier molecular flexibility index (Phi) is 8.85. The van der Waals surface area contributed by atoms with Crippen LogP contribution in [0.15, 0.2) is 59.8 Å². The van der Waals surface area contributed by atoms with Crippen molar-refractivity contribution >= 4 is 50.5 Å². The fourth-order valence-corrected chi connectivity index (χ4v) is 6.74. The molecule has 10 heteroatoms. The second-order valence-electron chi connectivity index (χ2n) is 9.69. The molecule has 1 aromatic heterocycles. The van der Waals surface area contributed by atoms with Crippen LogP contribution < -0.4 is 14.5 Å². The van der Waals surface area contributed by atoms with E-state index < -0.39 is 10.0 Å². The number of halogens is 2. The van der Waals surface area contributed by atoms with Crippen molar-refractivity contribution in [3.63, 3.8) is 0 Å². The molecule has 7 nitrogen and oxygen atoms in total. The summed E-state index contributed by atoms with van der Waals surface area (Å²) in [6.07, 6.45) is 6.64. The van der Waals surface area contributed by atoms with Crippen LogP contribution >= 0.6 is 23.2 Å². The van der Waals surface area contributed by atoms with Gasteiger partial charge in [-0.15, -0.1) is 0 Å². The molecular weight excluding hydrogens is 543 g/mol. The van der Waals surface area contributed by atoms with Gasteiger partial charge in [0.15, 0.2) is 0 Å². The fourth-order valence-electron chi connectivity index (χ4n) is 4.73. The monoisotopic (exact) mass is 574 g/mol. The minimum atomic E-state index is -3.93. The molecule has 1 amide bonds. The van der Waals surface area contributed by atoms with Crippen LogP contribution in [0.2, 0.25) is 10.0 Å². The minimum absolute atomic E-state index is 0.141. The number of piperidine rings is 1. The molecule has 38 heavy (non-hydrogen) atoms. The first-order valence-electron chi connectivity index (χ1n) is 12.6. The molecule has 0 saturated carbocycles. The number of aryl methyl sites for hydroxylation is 2. The molecule has 1 fully saturated rings. The molecule has 0 radical (unpaired) electrons. The van der Waals surface area contributed by atoms with Crippen molar-refractivity contribution in [2.75, 3.05) is 35.9 Å².